The van der Waals surface area contributed by atoms with E-state index in [2.05, 4.69) is 10.2 Å². The van der Waals surface area contributed by atoms with Gasteiger partial charge in [0.1, 0.15) is 5.75 Å². The maximum atomic E-state index is 5.93. The Kier molecular flexibility index (Phi) is 3.89. The highest BCUT2D eigenvalue weighted by Gasteiger charge is 2.10. The highest BCUT2D eigenvalue weighted by atomic mass is 16.5. The van der Waals surface area contributed by atoms with E-state index in [0.717, 1.165) is 22.4 Å². The Hall–Kier alpha value is -2.72. The normalized spacial score (nSPS) is 10.3. The highest BCUT2D eigenvalue weighted by molar-refractivity contribution is 5.70. The highest BCUT2D eigenvalue weighted by Crippen LogP contribution is 2.33. The molecule has 0 amide bonds. The number of ether oxygens (including phenoxy) is 1. The Labute approximate surface area is 123 Å². The van der Waals surface area contributed by atoms with Crippen LogP contribution in [-0.4, -0.2) is 10.2 Å². The topological polar surface area (TPSA) is 61.0 Å². The maximum absolute atomic E-state index is 5.93. The Morgan fingerprint density at radius 3 is 2.48 bits per heavy atom. The summed E-state index contributed by atoms with van der Waals surface area (Å²) >= 11 is 0. The summed E-state index contributed by atoms with van der Waals surface area (Å²) in [7, 11) is 0. The number of aromatic nitrogens is 2. The first-order valence-corrected chi connectivity index (χ1v) is 6.71. The number of hydrogen-bond acceptors (Lipinski definition) is 4. The molecule has 0 aliphatic heterocycles. The van der Waals surface area contributed by atoms with Crippen molar-refractivity contribution in [3.8, 4) is 22.8 Å². The van der Waals surface area contributed by atoms with E-state index < -0.39 is 0 Å². The van der Waals surface area contributed by atoms with Crippen molar-refractivity contribution >= 4 is 0 Å². The average Bonchev–Trinajstić information content (AvgIpc) is 2.57. The molecule has 4 nitrogen and oxygen atoms in total. The van der Waals surface area contributed by atoms with Gasteiger partial charge in [0.25, 0.3) is 0 Å². The van der Waals surface area contributed by atoms with Gasteiger partial charge in [-0.1, -0.05) is 48.5 Å². The number of hydrogen-bond donors (Lipinski definition) is 1. The van der Waals surface area contributed by atoms with Gasteiger partial charge in [-0.2, -0.15) is 5.10 Å². The van der Waals surface area contributed by atoms with Crippen LogP contribution < -0.4 is 10.5 Å². The molecule has 0 unspecified atom stereocenters. The predicted molar refractivity (Wildman–Crippen MR) is 81.9 cm³/mol. The monoisotopic (exact) mass is 277 g/mol. The summed E-state index contributed by atoms with van der Waals surface area (Å²) in [5.74, 6) is 1.18. The SMILES string of the molecule is NCc1ccnnc1Oc1ccccc1-c1ccccc1. The number of nitrogens with two attached hydrogens (primary N) is 1. The van der Waals surface area contributed by atoms with Crippen LogP contribution >= 0.6 is 0 Å². The van der Waals surface area contributed by atoms with Crippen LogP contribution in [0.1, 0.15) is 5.56 Å². The lowest BCUT2D eigenvalue weighted by Gasteiger charge is -2.12. The standard InChI is InChI=1S/C17H15N3O/c18-12-14-10-11-19-20-17(14)21-16-9-5-4-8-15(16)13-6-2-1-3-7-13/h1-11H,12,18H2. The number of benzene rings is 2. The largest absolute Gasteiger partial charge is 0.437 e. The lowest BCUT2D eigenvalue weighted by molar-refractivity contribution is 0.450. The van der Waals surface area contributed by atoms with Crippen molar-refractivity contribution in [3.05, 3.63) is 72.4 Å². The molecule has 0 atom stereocenters. The molecule has 0 radical (unpaired) electrons. The van der Waals surface area contributed by atoms with Crippen LogP contribution in [0.5, 0.6) is 11.6 Å². The van der Waals surface area contributed by atoms with E-state index in [1.54, 1.807) is 6.20 Å². The summed E-state index contributed by atoms with van der Waals surface area (Å²) in [4.78, 5) is 0. The van der Waals surface area contributed by atoms with Crippen molar-refractivity contribution < 1.29 is 4.74 Å². The van der Waals surface area contributed by atoms with E-state index in [4.69, 9.17) is 10.5 Å². The maximum Gasteiger partial charge on any atom is 0.243 e. The molecule has 3 aromatic rings. The second kappa shape index (κ2) is 6.15. The molecule has 0 aliphatic carbocycles. The first-order chi connectivity index (χ1) is 10.4. The van der Waals surface area contributed by atoms with Crippen LogP contribution in [0.25, 0.3) is 11.1 Å². The van der Waals surface area contributed by atoms with Gasteiger partial charge in [-0.05, 0) is 17.7 Å². The van der Waals surface area contributed by atoms with Crippen LogP contribution in [0.15, 0.2) is 66.9 Å². The van der Waals surface area contributed by atoms with Gasteiger partial charge in [0.2, 0.25) is 5.88 Å². The van der Waals surface area contributed by atoms with Crippen molar-refractivity contribution in [1.29, 1.82) is 0 Å². The van der Waals surface area contributed by atoms with Gasteiger partial charge < -0.3 is 10.5 Å². The molecule has 0 fully saturated rings. The van der Waals surface area contributed by atoms with Crippen molar-refractivity contribution in [2.24, 2.45) is 5.73 Å². The minimum Gasteiger partial charge on any atom is -0.437 e. The number of nitrogens with zero attached hydrogens (tertiary/aromatic N) is 2. The Morgan fingerprint density at radius 1 is 0.905 bits per heavy atom. The molecule has 2 aromatic carbocycles. The van der Waals surface area contributed by atoms with Crippen LogP contribution in [0.2, 0.25) is 0 Å². The van der Waals surface area contributed by atoms with Gasteiger partial charge in [0.05, 0.1) is 6.20 Å². The average molecular weight is 277 g/mol. The summed E-state index contributed by atoms with van der Waals surface area (Å²) < 4.78 is 5.93. The summed E-state index contributed by atoms with van der Waals surface area (Å²) in [6.45, 7) is 0.359. The van der Waals surface area contributed by atoms with Crippen LogP contribution in [0.4, 0.5) is 0 Å². The minimum absolute atomic E-state index is 0.359. The molecule has 0 saturated heterocycles. The molecule has 2 N–H and O–H groups in total. The summed E-state index contributed by atoms with van der Waals surface area (Å²) in [5, 5.41) is 7.89. The van der Waals surface area contributed by atoms with Gasteiger partial charge in [-0.15, -0.1) is 5.10 Å². The van der Waals surface area contributed by atoms with Gasteiger partial charge >= 0.3 is 0 Å². The van der Waals surface area contributed by atoms with E-state index in [1.165, 1.54) is 0 Å². The number of rotatable bonds is 4. The fourth-order valence-electron chi connectivity index (χ4n) is 2.10. The zero-order chi connectivity index (χ0) is 14.5. The fourth-order valence-corrected chi connectivity index (χ4v) is 2.10. The Bertz CT molecular complexity index is 729. The van der Waals surface area contributed by atoms with Gasteiger partial charge in [0.15, 0.2) is 0 Å². The smallest absolute Gasteiger partial charge is 0.243 e. The molecule has 1 heterocycles. The van der Waals surface area contributed by atoms with Crippen LogP contribution in [0, 0.1) is 0 Å². The van der Waals surface area contributed by atoms with E-state index in [9.17, 15) is 0 Å². The number of para-hydroxylation sites is 1. The summed E-state index contributed by atoms with van der Waals surface area (Å²) in [6, 6.07) is 19.7. The third-order valence-electron chi connectivity index (χ3n) is 3.16. The molecule has 3 rings (SSSR count). The molecule has 1 aromatic heterocycles. The fraction of sp³-hybridized carbons (Fsp3) is 0.0588. The summed E-state index contributed by atoms with van der Waals surface area (Å²) in [6.07, 6.45) is 1.61. The predicted octanol–water partition coefficient (Wildman–Crippen LogP) is 3.39. The lowest BCUT2D eigenvalue weighted by atomic mass is 10.1. The molecule has 21 heavy (non-hydrogen) atoms. The van der Waals surface area contributed by atoms with E-state index in [-0.39, 0.29) is 0 Å². The van der Waals surface area contributed by atoms with Gasteiger partial charge in [0, 0.05) is 17.7 Å². The van der Waals surface area contributed by atoms with E-state index >= 15 is 0 Å². The first kappa shape index (κ1) is 13.3. The first-order valence-electron chi connectivity index (χ1n) is 6.71. The molecule has 4 heteroatoms. The second-order valence-electron chi connectivity index (χ2n) is 4.53. The molecule has 0 spiro atoms. The van der Waals surface area contributed by atoms with E-state index in [0.29, 0.717) is 12.4 Å². The Morgan fingerprint density at radius 2 is 1.67 bits per heavy atom. The molecular formula is C17H15N3O. The second-order valence-corrected chi connectivity index (χ2v) is 4.53. The molecule has 0 bridgehead atoms. The third-order valence-corrected chi connectivity index (χ3v) is 3.16. The van der Waals surface area contributed by atoms with Crippen LogP contribution in [-0.2, 0) is 6.54 Å². The van der Waals surface area contributed by atoms with E-state index in [1.807, 2.05) is 60.7 Å². The zero-order valence-corrected chi connectivity index (χ0v) is 11.4. The van der Waals surface area contributed by atoms with Crippen molar-refractivity contribution in [1.82, 2.24) is 10.2 Å². The zero-order valence-electron chi connectivity index (χ0n) is 11.4. The third kappa shape index (κ3) is 2.90. The summed E-state index contributed by atoms with van der Waals surface area (Å²) in [5.41, 5.74) is 8.63. The molecule has 0 saturated carbocycles. The molecule has 104 valence electrons. The minimum atomic E-state index is 0.359. The lowest BCUT2D eigenvalue weighted by Crippen LogP contribution is -2.02. The van der Waals surface area contributed by atoms with Gasteiger partial charge in [-0.3, -0.25) is 0 Å². The molecular weight excluding hydrogens is 262 g/mol. The quantitative estimate of drug-likeness (QED) is 0.794. The van der Waals surface area contributed by atoms with Crippen molar-refractivity contribution in [2.45, 2.75) is 6.54 Å². The van der Waals surface area contributed by atoms with Crippen molar-refractivity contribution in [2.75, 3.05) is 0 Å². The Balaban J connectivity index is 2.00. The van der Waals surface area contributed by atoms with Crippen molar-refractivity contribution in [3.63, 3.8) is 0 Å². The molecule has 0 aliphatic rings. The van der Waals surface area contributed by atoms with Gasteiger partial charge in [-0.25, -0.2) is 0 Å². The van der Waals surface area contributed by atoms with Crippen LogP contribution in [0.3, 0.4) is 0 Å².